The molecule has 2 N–H and O–H groups in total. The van der Waals surface area contributed by atoms with Gasteiger partial charge in [-0.3, -0.25) is 9.59 Å². The number of carbonyl (C=O) groups is 3. The number of nitrogens with zero attached hydrogens (tertiary/aromatic N) is 1. The van der Waals surface area contributed by atoms with E-state index in [1.54, 1.807) is 13.8 Å². The molecule has 0 bridgehead atoms. The van der Waals surface area contributed by atoms with Gasteiger partial charge in [0.15, 0.2) is 0 Å². The van der Waals surface area contributed by atoms with E-state index in [0.717, 1.165) is 22.3 Å². The minimum atomic E-state index is -0.966. The van der Waals surface area contributed by atoms with Crippen LogP contribution < -0.4 is 5.32 Å². The molecule has 7 nitrogen and oxygen atoms in total. The standard InChI is InChI=1S/C26H32N2O5/c1-5-28(14-17(4)25(30)31)24(29)23(16(2)3)27-26(32)33-15-22-20-12-8-6-10-18(20)19-11-7-9-13-21(19)22/h6-13,16-17,22-23H,5,14-15H2,1-4H3,(H,27,32)(H,30,31). The lowest BCUT2D eigenvalue weighted by Crippen LogP contribution is -2.52. The van der Waals surface area contributed by atoms with E-state index < -0.39 is 24.0 Å². The second-order valence-corrected chi connectivity index (χ2v) is 8.81. The van der Waals surface area contributed by atoms with Crippen molar-refractivity contribution in [2.45, 2.75) is 39.7 Å². The molecule has 0 spiro atoms. The third kappa shape index (κ3) is 5.35. The van der Waals surface area contributed by atoms with E-state index in [1.165, 1.54) is 4.90 Å². The Morgan fingerprint density at radius 3 is 2.03 bits per heavy atom. The third-order valence-electron chi connectivity index (χ3n) is 6.16. The number of carboxylic acids is 1. The molecule has 33 heavy (non-hydrogen) atoms. The van der Waals surface area contributed by atoms with Gasteiger partial charge in [0, 0.05) is 19.0 Å². The van der Waals surface area contributed by atoms with Gasteiger partial charge in [-0.05, 0) is 35.1 Å². The molecule has 0 saturated heterocycles. The van der Waals surface area contributed by atoms with Gasteiger partial charge in [-0.1, -0.05) is 69.3 Å². The van der Waals surface area contributed by atoms with Crippen LogP contribution in [-0.4, -0.2) is 53.7 Å². The van der Waals surface area contributed by atoms with E-state index in [-0.39, 0.29) is 30.9 Å². The molecule has 0 radical (unpaired) electrons. The van der Waals surface area contributed by atoms with Gasteiger partial charge in [-0.25, -0.2) is 4.79 Å². The number of ether oxygens (including phenoxy) is 1. The highest BCUT2D eigenvalue weighted by Crippen LogP contribution is 2.44. The van der Waals surface area contributed by atoms with Crippen LogP contribution in [0.4, 0.5) is 4.79 Å². The summed E-state index contributed by atoms with van der Waals surface area (Å²) in [4.78, 5) is 38.4. The topological polar surface area (TPSA) is 95.9 Å². The lowest BCUT2D eigenvalue weighted by molar-refractivity contribution is -0.143. The van der Waals surface area contributed by atoms with Crippen molar-refractivity contribution in [2.75, 3.05) is 19.7 Å². The van der Waals surface area contributed by atoms with Crippen molar-refractivity contribution >= 4 is 18.0 Å². The number of aliphatic carboxylic acids is 1. The molecule has 0 aliphatic heterocycles. The first-order valence-corrected chi connectivity index (χ1v) is 11.4. The molecule has 2 amide bonds. The van der Waals surface area contributed by atoms with Crippen LogP contribution in [0.25, 0.3) is 11.1 Å². The minimum absolute atomic E-state index is 0.0695. The molecule has 2 aromatic carbocycles. The van der Waals surface area contributed by atoms with E-state index in [1.807, 2.05) is 50.2 Å². The number of likely N-dealkylation sites (N-methyl/N-ethyl adjacent to an activating group) is 1. The number of fused-ring (bicyclic) bond motifs is 3. The Balaban J connectivity index is 1.67. The maximum atomic E-state index is 13.1. The number of rotatable bonds is 9. The summed E-state index contributed by atoms with van der Waals surface area (Å²) < 4.78 is 5.59. The van der Waals surface area contributed by atoms with Gasteiger partial charge in [-0.15, -0.1) is 0 Å². The Labute approximate surface area is 194 Å². The summed E-state index contributed by atoms with van der Waals surface area (Å²) in [5.74, 6) is -2.23. The fourth-order valence-electron chi connectivity index (χ4n) is 4.26. The molecule has 1 aliphatic carbocycles. The van der Waals surface area contributed by atoms with Crippen LogP contribution in [0, 0.1) is 11.8 Å². The zero-order valence-electron chi connectivity index (χ0n) is 19.6. The number of carbonyl (C=O) groups excluding carboxylic acids is 2. The monoisotopic (exact) mass is 452 g/mol. The fourth-order valence-corrected chi connectivity index (χ4v) is 4.26. The quantitative estimate of drug-likeness (QED) is 0.597. The number of nitrogens with one attached hydrogen (secondary N) is 1. The van der Waals surface area contributed by atoms with Gasteiger partial charge < -0.3 is 20.1 Å². The van der Waals surface area contributed by atoms with Crippen LogP contribution in [-0.2, 0) is 14.3 Å². The lowest BCUT2D eigenvalue weighted by atomic mass is 9.98. The average Bonchev–Trinajstić information content (AvgIpc) is 3.12. The molecule has 2 aromatic rings. The first kappa shape index (κ1) is 24.3. The summed E-state index contributed by atoms with van der Waals surface area (Å²) in [5.41, 5.74) is 4.51. The normalized spacial score (nSPS) is 14.2. The Morgan fingerprint density at radius 1 is 1.00 bits per heavy atom. The molecule has 1 aliphatic rings. The Bertz CT molecular complexity index is 974. The zero-order valence-corrected chi connectivity index (χ0v) is 19.6. The average molecular weight is 453 g/mol. The maximum absolute atomic E-state index is 13.1. The van der Waals surface area contributed by atoms with Crippen LogP contribution in [0.2, 0.25) is 0 Å². The van der Waals surface area contributed by atoms with Crippen LogP contribution in [0.15, 0.2) is 48.5 Å². The first-order chi connectivity index (χ1) is 15.7. The molecule has 0 fully saturated rings. The molecule has 176 valence electrons. The molecule has 2 atom stereocenters. The summed E-state index contributed by atoms with van der Waals surface area (Å²) in [6.45, 7) is 7.61. The van der Waals surface area contributed by atoms with Crippen molar-refractivity contribution in [1.82, 2.24) is 10.2 Å². The Morgan fingerprint density at radius 2 is 1.55 bits per heavy atom. The summed E-state index contributed by atoms with van der Waals surface area (Å²) in [7, 11) is 0. The van der Waals surface area contributed by atoms with Crippen molar-refractivity contribution in [2.24, 2.45) is 11.8 Å². The van der Waals surface area contributed by atoms with Gasteiger partial charge in [0.05, 0.1) is 5.92 Å². The summed E-state index contributed by atoms with van der Waals surface area (Å²) in [6, 6.07) is 15.4. The summed E-state index contributed by atoms with van der Waals surface area (Å²) >= 11 is 0. The number of carboxylic acid groups (broad SMARTS) is 1. The highest BCUT2D eigenvalue weighted by atomic mass is 16.5. The number of hydrogen-bond acceptors (Lipinski definition) is 4. The zero-order chi connectivity index (χ0) is 24.1. The Hall–Kier alpha value is -3.35. The number of benzene rings is 2. The number of amides is 2. The van der Waals surface area contributed by atoms with E-state index in [4.69, 9.17) is 4.74 Å². The number of alkyl carbamates (subject to hydrolysis) is 1. The predicted octanol–water partition coefficient (Wildman–Crippen LogP) is 4.12. The van der Waals surface area contributed by atoms with Crippen LogP contribution in [0.3, 0.4) is 0 Å². The van der Waals surface area contributed by atoms with Crippen LogP contribution in [0.1, 0.15) is 44.7 Å². The van der Waals surface area contributed by atoms with Crippen LogP contribution in [0.5, 0.6) is 0 Å². The lowest BCUT2D eigenvalue weighted by Gasteiger charge is -2.30. The number of hydrogen-bond donors (Lipinski definition) is 2. The van der Waals surface area contributed by atoms with Crippen molar-refractivity contribution < 1.29 is 24.2 Å². The van der Waals surface area contributed by atoms with Gasteiger partial charge >= 0.3 is 12.1 Å². The molecule has 0 saturated carbocycles. The van der Waals surface area contributed by atoms with Crippen molar-refractivity contribution in [3.63, 3.8) is 0 Å². The first-order valence-electron chi connectivity index (χ1n) is 11.4. The van der Waals surface area contributed by atoms with E-state index >= 15 is 0 Å². The van der Waals surface area contributed by atoms with Crippen LogP contribution >= 0.6 is 0 Å². The van der Waals surface area contributed by atoms with E-state index in [2.05, 4.69) is 17.4 Å². The molecule has 3 rings (SSSR count). The predicted molar refractivity (Wildman–Crippen MR) is 126 cm³/mol. The second kappa shape index (κ2) is 10.5. The highest BCUT2D eigenvalue weighted by molar-refractivity contribution is 5.86. The fraction of sp³-hybridized carbons (Fsp3) is 0.423. The van der Waals surface area contributed by atoms with Gasteiger partial charge in [0.25, 0.3) is 0 Å². The van der Waals surface area contributed by atoms with E-state index in [0.29, 0.717) is 6.54 Å². The van der Waals surface area contributed by atoms with Crippen molar-refractivity contribution in [1.29, 1.82) is 0 Å². The maximum Gasteiger partial charge on any atom is 0.407 e. The second-order valence-electron chi connectivity index (χ2n) is 8.81. The summed E-state index contributed by atoms with van der Waals surface area (Å²) in [5, 5.41) is 11.9. The third-order valence-corrected chi connectivity index (χ3v) is 6.16. The summed E-state index contributed by atoms with van der Waals surface area (Å²) in [6.07, 6.45) is -0.661. The smallest absolute Gasteiger partial charge is 0.407 e. The molecular formula is C26H32N2O5. The molecule has 2 unspecified atom stereocenters. The molecule has 0 aromatic heterocycles. The Kier molecular flexibility index (Phi) is 7.74. The molecular weight excluding hydrogens is 420 g/mol. The molecule has 0 heterocycles. The van der Waals surface area contributed by atoms with Crippen molar-refractivity contribution in [3.8, 4) is 11.1 Å². The highest BCUT2D eigenvalue weighted by Gasteiger charge is 2.32. The SMILES string of the molecule is CCN(CC(C)C(=O)O)C(=O)C(NC(=O)OCC1c2ccccc2-c2ccccc21)C(C)C. The van der Waals surface area contributed by atoms with Gasteiger partial charge in [0.1, 0.15) is 12.6 Å². The largest absolute Gasteiger partial charge is 0.481 e. The van der Waals surface area contributed by atoms with Gasteiger partial charge in [-0.2, -0.15) is 0 Å². The molecule has 7 heteroatoms. The van der Waals surface area contributed by atoms with E-state index in [9.17, 15) is 19.5 Å². The minimum Gasteiger partial charge on any atom is -0.481 e. The van der Waals surface area contributed by atoms with Crippen molar-refractivity contribution in [3.05, 3.63) is 59.7 Å². The van der Waals surface area contributed by atoms with Gasteiger partial charge in [0.2, 0.25) is 5.91 Å².